The van der Waals surface area contributed by atoms with Gasteiger partial charge >= 0.3 is 0 Å². The highest BCUT2D eigenvalue weighted by Gasteiger charge is 2.28. The molecule has 7 nitrogen and oxygen atoms in total. The number of anilines is 1. The van der Waals surface area contributed by atoms with Crippen LogP contribution in [0.15, 0.2) is 18.2 Å². The molecule has 2 rings (SSSR count). The minimum absolute atomic E-state index is 0.154. The van der Waals surface area contributed by atoms with Gasteiger partial charge in [-0.1, -0.05) is 6.07 Å². The van der Waals surface area contributed by atoms with Crippen LogP contribution < -0.4 is 10.0 Å². The monoisotopic (exact) mass is 353 g/mol. The minimum Gasteiger partial charge on any atom is -0.369 e. The van der Waals surface area contributed by atoms with Crippen LogP contribution >= 0.6 is 0 Å². The zero-order chi connectivity index (χ0) is 18.1. The predicted octanol–water partition coefficient (Wildman–Crippen LogP) is 0.728. The molecule has 1 saturated heterocycles. The fourth-order valence-electron chi connectivity index (χ4n) is 2.91. The molecule has 132 valence electrons. The standard InChI is InChI=1S/C16H23N3O4S/c1-11-13(5-4-6-14(11)18(2)24(3,22)23)16(21)19-9-7-12(8-10-19)15(17)20/h4-6,12H,7-10H2,1-3H3,(H2,17,20). The van der Waals surface area contributed by atoms with Crippen LogP contribution in [-0.4, -0.2) is 51.5 Å². The summed E-state index contributed by atoms with van der Waals surface area (Å²) in [7, 11) is -1.94. The fourth-order valence-corrected chi connectivity index (χ4v) is 3.47. The van der Waals surface area contributed by atoms with E-state index in [2.05, 4.69) is 0 Å². The lowest BCUT2D eigenvalue weighted by molar-refractivity contribution is -0.123. The third-order valence-corrected chi connectivity index (χ3v) is 5.75. The Hall–Kier alpha value is -2.09. The van der Waals surface area contributed by atoms with E-state index in [1.165, 1.54) is 11.4 Å². The van der Waals surface area contributed by atoms with Crippen molar-refractivity contribution < 1.29 is 18.0 Å². The molecule has 0 saturated carbocycles. The SMILES string of the molecule is Cc1c(C(=O)N2CCC(C(N)=O)CC2)cccc1N(C)S(C)(=O)=O. The van der Waals surface area contributed by atoms with Crippen molar-refractivity contribution in [3.05, 3.63) is 29.3 Å². The van der Waals surface area contributed by atoms with E-state index in [1.807, 2.05) is 0 Å². The van der Waals surface area contributed by atoms with Crippen molar-refractivity contribution in [3.63, 3.8) is 0 Å². The first-order valence-electron chi connectivity index (χ1n) is 7.75. The molecule has 0 aromatic heterocycles. The van der Waals surface area contributed by atoms with Gasteiger partial charge in [-0.3, -0.25) is 13.9 Å². The van der Waals surface area contributed by atoms with Crippen molar-refractivity contribution in [1.29, 1.82) is 0 Å². The summed E-state index contributed by atoms with van der Waals surface area (Å²) in [6.45, 7) is 2.68. The normalized spacial score (nSPS) is 16.0. The number of carbonyl (C=O) groups excluding carboxylic acids is 2. The highest BCUT2D eigenvalue weighted by molar-refractivity contribution is 7.92. The molecule has 0 aliphatic carbocycles. The maximum atomic E-state index is 12.8. The van der Waals surface area contributed by atoms with E-state index < -0.39 is 10.0 Å². The summed E-state index contributed by atoms with van der Waals surface area (Å²) < 4.78 is 24.7. The molecule has 1 aromatic rings. The number of amides is 2. The first kappa shape index (κ1) is 18.3. The zero-order valence-electron chi connectivity index (χ0n) is 14.2. The molecule has 24 heavy (non-hydrogen) atoms. The van der Waals surface area contributed by atoms with Crippen LogP contribution in [0.4, 0.5) is 5.69 Å². The number of rotatable bonds is 4. The highest BCUT2D eigenvalue weighted by atomic mass is 32.2. The van der Waals surface area contributed by atoms with Gasteiger partial charge in [-0.2, -0.15) is 0 Å². The summed E-state index contributed by atoms with van der Waals surface area (Å²) in [5.74, 6) is -0.660. The number of sulfonamides is 1. The number of nitrogens with zero attached hydrogens (tertiary/aromatic N) is 2. The molecular formula is C16H23N3O4S. The summed E-state index contributed by atoms with van der Waals surface area (Å²) >= 11 is 0. The Morgan fingerprint density at radius 2 is 1.83 bits per heavy atom. The van der Waals surface area contributed by atoms with Gasteiger partial charge in [0.1, 0.15) is 0 Å². The number of nitrogens with two attached hydrogens (primary N) is 1. The number of hydrogen-bond donors (Lipinski definition) is 1. The van der Waals surface area contributed by atoms with E-state index >= 15 is 0 Å². The quantitative estimate of drug-likeness (QED) is 0.862. The zero-order valence-corrected chi connectivity index (χ0v) is 15.0. The second-order valence-electron chi connectivity index (χ2n) is 6.15. The van der Waals surface area contributed by atoms with Crippen LogP contribution in [0.2, 0.25) is 0 Å². The number of carbonyl (C=O) groups is 2. The summed E-state index contributed by atoms with van der Waals surface area (Å²) in [6.07, 6.45) is 2.24. The second kappa shape index (κ2) is 6.80. The molecular weight excluding hydrogens is 330 g/mol. The Morgan fingerprint density at radius 3 is 2.33 bits per heavy atom. The van der Waals surface area contributed by atoms with Crippen molar-refractivity contribution in [1.82, 2.24) is 4.90 Å². The van der Waals surface area contributed by atoms with E-state index in [1.54, 1.807) is 30.0 Å². The maximum Gasteiger partial charge on any atom is 0.254 e. The van der Waals surface area contributed by atoms with Gasteiger partial charge in [-0.05, 0) is 37.5 Å². The fraction of sp³-hybridized carbons (Fsp3) is 0.500. The van der Waals surface area contributed by atoms with Gasteiger partial charge < -0.3 is 10.6 Å². The van der Waals surface area contributed by atoms with Gasteiger partial charge in [0.05, 0.1) is 11.9 Å². The first-order valence-corrected chi connectivity index (χ1v) is 9.60. The van der Waals surface area contributed by atoms with E-state index in [0.717, 1.165) is 6.26 Å². The van der Waals surface area contributed by atoms with Crippen LogP contribution in [0.3, 0.4) is 0 Å². The average Bonchev–Trinajstić information content (AvgIpc) is 2.53. The lowest BCUT2D eigenvalue weighted by Crippen LogP contribution is -2.42. The highest BCUT2D eigenvalue weighted by Crippen LogP contribution is 2.26. The Balaban J connectivity index is 2.24. The van der Waals surface area contributed by atoms with Crippen molar-refractivity contribution >= 4 is 27.5 Å². The molecule has 0 spiro atoms. The molecule has 1 aromatic carbocycles. The predicted molar refractivity (Wildman–Crippen MR) is 92.2 cm³/mol. The van der Waals surface area contributed by atoms with Crippen molar-refractivity contribution in [2.24, 2.45) is 11.7 Å². The summed E-state index contributed by atoms with van der Waals surface area (Å²) in [5.41, 5.74) is 6.89. The first-order chi connectivity index (χ1) is 11.1. The molecule has 0 bridgehead atoms. The van der Waals surface area contributed by atoms with Crippen LogP contribution in [0.1, 0.15) is 28.8 Å². The third-order valence-electron chi connectivity index (χ3n) is 4.56. The lowest BCUT2D eigenvalue weighted by Gasteiger charge is -2.31. The molecule has 1 fully saturated rings. The van der Waals surface area contributed by atoms with E-state index in [-0.39, 0.29) is 17.7 Å². The Morgan fingerprint density at radius 1 is 1.25 bits per heavy atom. The maximum absolute atomic E-state index is 12.8. The smallest absolute Gasteiger partial charge is 0.254 e. The molecule has 1 aliphatic rings. The largest absolute Gasteiger partial charge is 0.369 e. The molecule has 0 radical (unpaired) electrons. The summed E-state index contributed by atoms with van der Waals surface area (Å²) in [6, 6.07) is 5.04. The van der Waals surface area contributed by atoms with Crippen LogP contribution in [0, 0.1) is 12.8 Å². The van der Waals surface area contributed by atoms with E-state index in [4.69, 9.17) is 5.73 Å². The van der Waals surface area contributed by atoms with Gasteiger partial charge in [0.25, 0.3) is 5.91 Å². The number of primary amides is 1. The molecule has 2 N–H and O–H groups in total. The van der Waals surface area contributed by atoms with Crippen LogP contribution in [0.5, 0.6) is 0 Å². The number of benzene rings is 1. The summed E-state index contributed by atoms with van der Waals surface area (Å²) in [4.78, 5) is 25.7. The van der Waals surface area contributed by atoms with Gasteiger partial charge in [0, 0.05) is 31.6 Å². The Bertz CT molecular complexity index is 753. The Kier molecular flexibility index (Phi) is 5.17. The lowest BCUT2D eigenvalue weighted by atomic mass is 9.95. The second-order valence-corrected chi connectivity index (χ2v) is 8.16. The van der Waals surface area contributed by atoms with Crippen LogP contribution in [0.25, 0.3) is 0 Å². The molecule has 0 atom stereocenters. The number of likely N-dealkylation sites (tertiary alicyclic amines) is 1. The Labute approximate surface area is 142 Å². The molecule has 8 heteroatoms. The molecule has 1 aliphatic heterocycles. The van der Waals surface area contributed by atoms with E-state index in [9.17, 15) is 18.0 Å². The molecule has 0 unspecified atom stereocenters. The topological polar surface area (TPSA) is 101 Å². The van der Waals surface area contributed by atoms with Gasteiger partial charge in [-0.15, -0.1) is 0 Å². The van der Waals surface area contributed by atoms with Crippen LogP contribution in [-0.2, 0) is 14.8 Å². The van der Waals surface area contributed by atoms with Gasteiger partial charge in [0.2, 0.25) is 15.9 Å². The van der Waals surface area contributed by atoms with Crippen molar-refractivity contribution in [2.75, 3.05) is 30.7 Å². The van der Waals surface area contributed by atoms with Gasteiger partial charge in [0.15, 0.2) is 0 Å². The minimum atomic E-state index is -3.41. The van der Waals surface area contributed by atoms with Crippen molar-refractivity contribution in [3.8, 4) is 0 Å². The average molecular weight is 353 g/mol. The molecule has 1 heterocycles. The third kappa shape index (κ3) is 3.69. The van der Waals surface area contributed by atoms with E-state index in [0.29, 0.717) is 42.7 Å². The summed E-state index contributed by atoms with van der Waals surface area (Å²) in [5, 5.41) is 0. The molecule has 2 amide bonds. The number of hydrogen-bond acceptors (Lipinski definition) is 4. The van der Waals surface area contributed by atoms with Gasteiger partial charge in [-0.25, -0.2) is 8.42 Å². The number of piperidine rings is 1. The van der Waals surface area contributed by atoms with Crippen molar-refractivity contribution in [2.45, 2.75) is 19.8 Å².